The minimum Gasteiger partial charge on any atom is -0.466 e. The molecule has 1 atom stereocenters. The smallest absolute Gasteiger partial charge is 0.308 e. The molecule has 362 valence electrons. The summed E-state index contributed by atoms with van der Waals surface area (Å²) < 4.78 is 11.2. The zero-order chi connectivity index (χ0) is 45.9. The lowest BCUT2D eigenvalue weighted by Crippen LogP contribution is -2.36. The van der Waals surface area contributed by atoms with Gasteiger partial charge in [-0.3, -0.25) is 24.0 Å². The Morgan fingerprint density at radius 1 is 0.651 bits per heavy atom. The summed E-state index contributed by atoms with van der Waals surface area (Å²) in [6, 6.07) is 0. The van der Waals surface area contributed by atoms with E-state index in [1.807, 2.05) is 23.9 Å². The summed E-state index contributed by atoms with van der Waals surface area (Å²) in [4.78, 5) is 70.2. The van der Waals surface area contributed by atoms with Gasteiger partial charge in [-0.1, -0.05) is 136 Å². The predicted molar refractivity (Wildman–Crippen MR) is 259 cm³/mol. The molecule has 63 heavy (non-hydrogen) atoms. The monoisotopic (exact) mass is 903 g/mol. The van der Waals surface area contributed by atoms with Gasteiger partial charge in [0.25, 0.3) is 5.91 Å². The van der Waals surface area contributed by atoms with Gasteiger partial charge in [-0.2, -0.15) is 0 Å². The molecule has 0 aromatic carbocycles. The number of amides is 3. The molecule has 0 saturated carbocycles. The maximum Gasteiger partial charge on any atom is 0.308 e. The lowest BCUT2D eigenvalue weighted by Gasteiger charge is -2.27. The third-order valence-corrected chi connectivity index (χ3v) is 13.3. The lowest BCUT2D eigenvalue weighted by atomic mass is 9.94. The van der Waals surface area contributed by atoms with Crippen molar-refractivity contribution >= 4 is 46.0 Å². The number of rotatable bonds is 39. The summed E-state index contributed by atoms with van der Waals surface area (Å²) in [6.45, 7) is 9.57. The van der Waals surface area contributed by atoms with Crippen LogP contribution < -0.4 is 10.6 Å². The molecule has 1 aromatic heterocycles. The van der Waals surface area contributed by atoms with Crippen LogP contribution in [0.3, 0.4) is 0 Å². The summed E-state index contributed by atoms with van der Waals surface area (Å²) in [6.07, 6.45) is 29.5. The van der Waals surface area contributed by atoms with Gasteiger partial charge in [-0.05, 0) is 77.4 Å². The van der Waals surface area contributed by atoms with Crippen molar-refractivity contribution in [3.63, 3.8) is 0 Å². The first-order valence-corrected chi connectivity index (χ1v) is 26.4. The van der Waals surface area contributed by atoms with E-state index in [0.717, 1.165) is 61.8 Å². The average molecular weight is 903 g/mol. The highest BCUT2D eigenvalue weighted by molar-refractivity contribution is 7.17. The Labute approximate surface area is 387 Å². The average Bonchev–Trinajstić information content (AvgIpc) is 3.62. The van der Waals surface area contributed by atoms with E-state index in [-0.39, 0.29) is 35.6 Å². The molecule has 1 unspecified atom stereocenters. The van der Waals surface area contributed by atoms with E-state index in [1.165, 1.54) is 101 Å². The van der Waals surface area contributed by atoms with Crippen LogP contribution in [0.15, 0.2) is 0 Å². The highest BCUT2D eigenvalue weighted by Crippen LogP contribution is 2.37. The maximum atomic E-state index is 13.6. The highest BCUT2D eigenvalue weighted by Gasteiger charge is 2.30. The SMILES string of the molecule is CCCCCCCCCCCOC(=O)CCCCC(=O)N1CCc2c(sc(NC(=O)CCCCCOC(=O)C(CCCCCC)CCCCCCCC)c2C(=O)NCCN(C)C)C1. The quantitative estimate of drug-likeness (QED) is 0.0493. The van der Waals surface area contributed by atoms with E-state index in [1.54, 1.807) is 0 Å². The molecule has 0 fully saturated rings. The topological polar surface area (TPSA) is 134 Å². The summed E-state index contributed by atoms with van der Waals surface area (Å²) >= 11 is 1.38. The molecule has 2 rings (SSSR count). The van der Waals surface area contributed by atoms with Crippen LogP contribution in [-0.4, -0.2) is 86.4 Å². The number of unbranched alkanes of at least 4 members (excludes halogenated alkanes) is 19. The number of nitrogens with one attached hydrogen (secondary N) is 2. The molecule has 2 N–H and O–H groups in total. The molecule has 11 nitrogen and oxygen atoms in total. The molecule has 1 aliphatic rings. The van der Waals surface area contributed by atoms with Gasteiger partial charge in [0.15, 0.2) is 0 Å². The highest BCUT2D eigenvalue weighted by atomic mass is 32.1. The number of anilines is 1. The van der Waals surface area contributed by atoms with Gasteiger partial charge < -0.3 is 29.9 Å². The number of thiophene rings is 1. The van der Waals surface area contributed by atoms with E-state index in [4.69, 9.17) is 9.47 Å². The Bertz CT molecular complexity index is 1420. The minimum absolute atomic E-state index is 0.0174. The van der Waals surface area contributed by atoms with Crippen LogP contribution in [-0.2, 0) is 41.6 Å². The molecule has 2 heterocycles. The fraction of sp³-hybridized carbons (Fsp3) is 0.824. The van der Waals surface area contributed by atoms with Gasteiger partial charge in [-0.15, -0.1) is 11.3 Å². The molecule has 0 bridgehead atoms. The largest absolute Gasteiger partial charge is 0.466 e. The van der Waals surface area contributed by atoms with Crippen LogP contribution in [0.4, 0.5) is 5.00 Å². The fourth-order valence-corrected chi connectivity index (χ4v) is 9.49. The molecule has 0 radical (unpaired) electrons. The number of carbonyl (C=O) groups is 5. The number of ether oxygens (including phenoxy) is 2. The Morgan fingerprint density at radius 2 is 1.17 bits per heavy atom. The lowest BCUT2D eigenvalue weighted by molar-refractivity contribution is -0.149. The van der Waals surface area contributed by atoms with Gasteiger partial charge in [0.05, 0.1) is 31.2 Å². The summed E-state index contributed by atoms with van der Waals surface area (Å²) in [5, 5.41) is 6.60. The first-order chi connectivity index (χ1) is 30.6. The Kier molecular flexibility index (Phi) is 32.3. The number of carbonyl (C=O) groups excluding carboxylic acids is 5. The molecular formula is C51H90N4O7S. The normalized spacial score (nSPS) is 12.9. The number of fused-ring (bicyclic) bond motifs is 1. The van der Waals surface area contributed by atoms with Crippen molar-refractivity contribution < 1.29 is 33.4 Å². The van der Waals surface area contributed by atoms with Gasteiger partial charge in [0.2, 0.25) is 11.8 Å². The number of hydrogen-bond donors (Lipinski definition) is 2. The van der Waals surface area contributed by atoms with Crippen molar-refractivity contribution in [1.82, 2.24) is 15.1 Å². The van der Waals surface area contributed by atoms with Crippen molar-refractivity contribution in [2.45, 2.75) is 220 Å². The molecule has 0 aliphatic carbocycles. The first kappa shape index (κ1) is 56.1. The Hall–Kier alpha value is -2.99. The molecule has 1 aliphatic heterocycles. The maximum absolute atomic E-state index is 13.6. The summed E-state index contributed by atoms with van der Waals surface area (Å²) in [5.41, 5.74) is 1.41. The zero-order valence-electron chi connectivity index (χ0n) is 40.7. The second-order valence-corrected chi connectivity index (χ2v) is 19.3. The summed E-state index contributed by atoms with van der Waals surface area (Å²) in [7, 11) is 3.91. The van der Waals surface area contributed by atoms with Gasteiger partial charge >= 0.3 is 11.9 Å². The number of nitrogens with zero attached hydrogens (tertiary/aromatic N) is 2. The molecule has 0 saturated heterocycles. The molecule has 3 amide bonds. The predicted octanol–water partition coefficient (Wildman–Crippen LogP) is 11.9. The fourth-order valence-electron chi connectivity index (χ4n) is 8.21. The Balaban J connectivity index is 1.81. The van der Waals surface area contributed by atoms with Crippen molar-refractivity contribution in [2.24, 2.45) is 5.92 Å². The third-order valence-electron chi connectivity index (χ3n) is 12.2. The molecule has 1 aromatic rings. The van der Waals surface area contributed by atoms with Gasteiger partial charge in [-0.25, -0.2) is 0 Å². The van der Waals surface area contributed by atoms with Crippen LogP contribution >= 0.6 is 11.3 Å². The third kappa shape index (κ3) is 25.9. The van der Waals surface area contributed by atoms with Crippen LogP contribution in [0, 0.1) is 5.92 Å². The van der Waals surface area contributed by atoms with Gasteiger partial charge in [0.1, 0.15) is 5.00 Å². The van der Waals surface area contributed by atoms with E-state index >= 15 is 0 Å². The zero-order valence-corrected chi connectivity index (χ0v) is 41.5. The first-order valence-electron chi connectivity index (χ1n) is 25.6. The molecule has 12 heteroatoms. The van der Waals surface area contributed by atoms with Crippen molar-refractivity contribution in [3.8, 4) is 0 Å². The van der Waals surface area contributed by atoms with Crippen LogP contribution in [0.25, 0.3) is 0 Å². The molecular weight excluding hydrogens is 813 g/mol. The van der Waals surface area contributed by atoms with Crippen molar-refractivity contribution in [3.05, 3.63) is 16.0 Å². The van der Waals surface area contributed by atoms with Crippen molar-refractivity contribution in [1.29, 1.82) is 0 Å². The number of likely N-dealkylation sites (N-methyl/N-ethyl adjacent to an activating group) is 1. The molecule has 0 spiro atoms. The van der Waals surface area contributed by atoms with Gasteiger partial charge in [0, 0.05) is 43.8 Å². The van der Waals surface area contributed by atoms with Crippen LogP contribution in [0.1, 0.15) is 228 Å². The van der Waals surface area contributed by atoms with Crippen molar-refractivity contribution in [2.75, 3.05) is 52.3 Å². The summed E-state index contributed by atoms with van der Waals surface area (Å²) in [5.74, 6) is -0.602. The van der Waals surface area contributed by atoms with Crippen LogP contribution in [0.5, 0.6) is 0 Å². The Morgan fingerprint density at radius 3 is 1.79 bits per heavy atom. The number of esters is 2. The second-order valence-electron chi connectivity index (χ2n) is 18.2. The second kappa shape index (κ2) is 36.3. The minimum atomic E-state index is -0.212. The number of hydrogen-bond acceptors (Lipinski definition) is 9. The van der Waals surface area contributed by atoms with E-state index in [2.05, 4.69) is 31.4 Å². The van der Waals surface area contributed by atoms with E-state index in [0.29, 0.717) is 101 Å². The van der Waals surface area contributed by atoms with Crippen LogP contribution in [0.2, 0.25) is 0 Å². The van der Waals surface area contributed by atoms with E-state index in [9.17, 15) is 24.0 Å². The van der Waals surface area contributed by atoms with E-state index < -0.39 is 0 Å². The standard InChI is InChI=1S/C51H90N4O7S/c1-6-9-12-15-17-18-19-21-28-39-61-47(58)34-27-26-33-46(57)55-37-35-43-44(41-55)63-50(48(43)49(59)52-36-38-54(4)5)53-45(56)32-25-22-29-40-62-51(60)42(30-23-14-11-8-3)31-24-20-16-13-10-7-2/h42H,6-41H2,1-5H3,(H,52,59)(H,53,56).